The summed E-state index contributed by atoms with van der Waals surface area (Å²) in [5.74, 6) is -6.17. The minimum Gasteiger partial charge on any atom is -0.371 e. The molecule has 5 aliphatic rings. The molecule has 0 spiro atoms. The van der Waals surface area contributed by atoms with Crippen molar-refractivity contribution in [3.8, 4) is 6.07 Å². The van der Waals surface area contributed by atoms with Gasteiger partial charge in [-0.15, -0.1) is 0 Å². The lowest BCUT2D eigenvalue weighted by Gasteiger charge is -2.54. The molecule has 0 unspecified atom stereocenters. The van der Waals surface area contributed by atoms with Crippen molar-refractivity contribution in [2.75, 3.05) is 11.9 Å². The smallest absolute Gasteiger partial charge is 0.255 e. The number of hydrogen-bond donors (Lipinski definition) is 3. The number of benzene rings is 1. The molecule has 0 radical (unpaired) electrons. The van der Waals surface area contributed by atoms with E-state index in [0.29, 0.717) is 42.9 Å². The van der Waals surface area contributed by atoms with Crippen molar-refractivity contribution < 1.29 is 23.2 Å². The maximum atomic E-state index is 15.0. The van der Waals surface area contributed by atoms with E-state index in [9.17, 15) is 19.6 Å². The van der Waals surface area contributed by atoms with Gasteiger partial charge in [-0.05, 0) is 63.1 Å². The number of anilines is 1. The molecular weight excluding hydrogens is 504 g/mol. The topological polar surface area (TPSA) is 114 Å². The van der Waals surface area contributed by atoms with Crippen LogP contribution in [-0.4, -0.2) is 58.8 Å². The van der Waals surface area contributed by atoms with Crippen molar-refractivity contribution in [2.45, 2.75) is 81.0 Å². The quantitative estimate of drug-likeness (QED) is 0.498. The van der Waals surface area contributed by atoms with E-state index in [1.165, 1.54) is 4.90 Å². The van der Waals surface area contributed by atoms with Gasteiger partial charge in [-0.2, -0.15) is 5.26 Å². The molecular formula is C26H30ClF2N5O3. The van der Waals surface area contributed by atoms with Crippen LogP contribution < -0.4 is 16.0 Å². The van der Waals surface area contributed by atoms with Gasteiger partial charge in [0.25, 0.3) is 5.92 Å². The summed E-state index contributed by atoms with van der Waals surface area (Å²) in [6.45, 7) is 0.571. The van der Waals surface area contributed by atoms with Crippen LogP contribution in [0, 0.1) is 23.2 Å². The summed E-state index contributed by atoms with van der Waals surface area (Å²) < 4.78 is 30.1. The first-order valence-corrected chi connectivity index (χ1v) is 13.2. The fourth-order valence-electron chi connectivity index (χ4n) is 6.15. The Morgan fingerprint density at radius 3 is 2.70 bits per heavy atom. The van der Waals surface area contributed by atoms with E-state index >= 15 is 8.78 Å². The maximum absolute atomic E-state index is 15.0. The first-order valence-electron chi connectivity index (χ1n) is 12.9. The standard InChI is InChI=1S/C26H30ClF2N5O3/c27-16-4-1-5-17(12-16)33-25(8-9-25)24(37)34-19-6-7-20(26(28,29)13-19)21(34)23(36)32-18(14-30)11-15-3-2-10-31-22(15)35/h1,4-5,12,15,18-21,33H,2-3,6-11,13H2,(H,31,35)(H,32,36)/t15-,18+,19-,20-,21+/m1/s1. The minimum absolute atomic E-state index is 0.0967. The van der Waals surface area contributed by atoms with Crippen LogP contribution in [0.4, 0.5) is 14.5 Å². The fraction of sp³-hybridized carbons (Fsp3) is 0.615. The number of rotatable bonds is 7. The lowest BCUT2D eigenvalue weighted by molar-refractivity contribution is -0.195. The van der Waals surface area contributed by atoms with E-state index in [-0.39, 0.29) is 24.7 Å². The van der Waals surface area contributed by atoms with Gasteiger partial charge in [0.2, 0.25) is 17.7 Å². The maximum Gasteiger partial charge on any atom is 0.255 e. The van der Waals surface area contributed by atoms with Crippen LogP contribution in [0.15, 0.2) is 24.3 Å². The second-order valence-corrected chi connectivity index (χ2v) is 11.2. The van der Waals surface area contributed by atoms with Crippen LogP contribution in [0.2, 0.25) is 5.02 Å². The van der Waals surface area contributed by atoms with Gasteiger partial charge in [0.1, 0.15) is 17.6 Å². The Labute approximate surface area is 219 Å². The molecule has 2 bridgehead atoms. The van der Waals surface area contributed by atoms with Crippen molar-refractivity contribution in [1.29, 1.82) is 5.26 Å². The summed E-state index contributed by atoms with van der Waals surface area (Å²) >= 11 is 6.09. The molecule has 198 valence electrons. The lowest BCUT2D eigenvalue weighted by Crippen LogP contribution is -2.70. The summed E-state index contributed by atoms with van der Waals surface area (Å²) in [5.41, 5.74) is -0.340. The van der Waals surface area contributed by atoms with Gasteiger partial charge >= 0.3 is 0 Å². The van der Waals surface area contributed by atoms with E-state index in [2.05, 4.69) is 16.0 Å². The second-order valence-electron chi connectivity index (χ2n) is 10.7. The van der Waals surface area contributed by atoms with Crippen molar-refractivity contribution in [3.05, 3.63) is 29.3 Å². The Hall–Kier alpha value is -2.93. The highest BCUT2D eigenvalue weighted by Crippen LogP contribution is 2.52. The van der Waals surface area contributed by atoms with Crippen molar-refractivity contribution in [1.82, 2.24) is 15.5 Å². The third kappa shape index (κ3) is 4.98. The molecule has 3 aliphatic heterocycles. The molecule has 1 aromatic rings. The average molecular weight is 534 g/mol. The molecule has 1 aromatic carbocycles. The number of piperidine rings is 3. The molecule has 6 rings (SSSR count). The van der Waals surface area contributed by atoms with Crippen LogP contribution in [0.1, 0.15) is 51.4 Å². The van der Waals surface area contributed by atoms with Crippen molar-refractivity contribution in [3.63, 3.8) is 0 Å². The van der Waals surface area contributed by atoms with Gasteiger partial charge in [-0.25, -0.2) is 8.78 Å². The van der Waals surface area contributed by atoms with Crippen molar-refractivity contribution in [2.24, 2.45) is 11.8 Å². The zero-order valence-electron chi connectivity index (χ0n) is 20.3. The first-order chi connectivity index (χ1) is 17.6. The van der Waals surface area contributed by atoms with E-state index in [1.807, 2.05) is 6.07 Å². The number of nitrogens with zero attached hydrogens (tertiary/aromatic N) is 2. The number of nitriles is 1. The monoisotopic (exact) mass is 533 g/mol. The molecule has 0 aromatic heterocycles. The molecule has 2 aliphatic carbocycles. The summed E-state index contributed by atoms with van der Waals surface area (Å²) in [7, 11) is 0. The third-order valence-electron chi connectivity index (χ3n) is 8.20. The highest BCUT2D eigenvalue weighted by Gasteiger charge is 2.64. The minimum atomic E-state index is -3.09. The third-order valence-corrected chi connectivity index (χ3v) is 8.43. The van der Waals surface area contributed by atoms with Gasteiger partial charge in [-0.3, -0.25) is 14.4 Å². The Morgan fingerprint density at radius 1 is 1.27 bits per heavy atom. The van der Waals surface area contributed by atoms with Crippen LogP contribution in [0.5, 0.6) is 0 Å². The summed E-state index contributed by atoms with van der Waals surface area (Å²) in [5, 5.41) is 18.7. The Bertz CT molecular complexity index is 1140. The van der Waals surface area contributed by atoms with Gasteiger partial charge in [0.05, 0.1) is 12.0 Å². The highest BCUT2D eigenvalue weighted by molar-refractivity contribution is 6.30. The van der Waals surface area contributed by atoms with E-state index in [1.54, 1.807) is 24.3 Å². The molecule has 5 atom stereocenters. The van der Waals surface area contributed by atoms with Crippen molar-refractivity contribution >= 4 is 35.0 Å². The van der Waals surface area contributed by atoms with E-state index in [4.69, 9.17) is 11.6 Å². The number of fused-ring (bicyclic) bond motifs is 3. The summed E-state index contributed by atoms with van der Waals surface area (Å²) in [6.07, 6.45) is 2.51. The molecule has 3 heterocycles. The van der Waals surface area contributed by atoms with Gasteiger partial charge in [0.15, 0.2) is 0 Å². The van der Waals surface area contributed by atoms with Gasteiger partial charge < -0.3 is 20.9 Å². The summed E-state index contributed by atoms with van der Waals surface area (Å²) in [4.78, 5) is 40.9. The number of carbonyl (C=O) groups is 3. The molecule has 3 amide bonds. The van der Waals surface area contributed by atoms with E-state index < -0.39 is 53.8 Å². The lowest BCUT2D eigenvalue weighted by atomic mass is 9.71. The molecule has 3 saturated heterocycles. The Kier molecular flexibility index (Phi) is 6.77. The normalized spacial score (nSPS) is 30.0. The zero-order valence-corrected chi connectivity index (χ0v) is 21.1. The fourth-order valence-corrected chi connectivity index (χ4v) is 6.34. The predicted octanol–water partition coefficient (Wildman–Crippen LogP) is 3.22. The predicted molar refractivity (Wildman–Crippen MR) is 132 cm³/mol. The molecule has 11 heteroatoms. The van der Waals surface area contributed by atoms with Crippen LogP contribution >= 0.6 is 11.6 Å². The SMILES string of the molecule is N#C[C@H](C[C@H]1CCCNC1=O)NC(=O)[C@@H]1[C@H]2CC[C@H](CC2(F)F)N1C(=O)C1(Nc2cccc(Cl)c2)CC1. The molecule has 3 N–H and O–H groups in total. The molecule has 37 heavy (non-hydrogen) atoms. The zero-order chi connectivity index (χ0) is 26.4. The number of carbonyl (C=O) groups excluding carboxylic acids is 3. The van der Waals surface area contributed by atoms with Crippen LogP contribution in [0.3, 0.4) is 0 Å². The summed E-state index contributed by atoms with van der Waals surface area (Å²) in [6, 6.07) is 5.75. The Balaban J connectivity index is 1.37. The first kappa shape index (κ1) is 25.7. The molecule has 5 fully saturated rings. The highest BCUT2D eigenvalue weighted by atomic mass is 35.5. The van der Waals surface area contributed by atoms with Crippen LogP contribution in [-0.2, 0) is 14.4 Å². The van der Waals surface area contributed by atoms with Crippen LogP contribution in [0.25, 0.3) is 0 Å². The van der Waals surface area contributed by atoms with E-state index in [0.717, 1.165) is 6.42 Å². The number of nitrogens with one attached hydrogen (secondary N) is 3. The average Bonchev–Trinajstić information content (AvgIpc) is 3.64. The van der Waals surface area contributed by atoms with Gasteiger partial charge in [0, 0.05) is 35.6 Å². The van der Waals surface area contributed by atoms with Gasteiger partial charge in [-0.1, -0.05) is 17.7 Å². The molecule has 8 nitrogen and oxygen atoms in total. The number of hydrogen-bond acceptors (Lipinski definition) is 5. The largest absolute Gasteiger partial charge is 0.371 e. The number of amides is 3. The Morgan fingerprint density at radius 2 is 2.05 bits per heavy atom. The second kappa shape index (κ2) is 9.75. The number of halogens is 3. The number of alkyl halides is 2. The molecule has 2 saturated carbocycles.